The third-order valence-corrected chi connectivity index (χ3v) is 3.85. The number of halogens is 4. The molecule has 1 aromatic heterocycles. The molecule has 0 nitrogen and oxygen atoms in total. The van der Waals surface area contributed by atoms with E-state index in [4.69, 9.17) is 23.2 Å². The lowest BCUT2D eigenvalue weighted by atomic mass is 10.2. The standard InChI is InChI=1S/C9H4Cl2F2S/c10-7-5-3-4(9(12)13)1-2-6(5)14-8(7)11/h1-3,9H. The van der Waals surface area contributed by atoms with Crippen molar-refractivity contribution in [2.45, 2.75) is 6.43 Å². The minimum Gasteiger partial charge on any atom is -0.205 e. The van der Waals surface area contributed by atoms with Gasteiger partial charge in [-0.05, 0) is 12.1 Å². The highest BCUT2D eigenvalue weighted by molar-refractivity contribution is 7.23. The highest BCUT2D eigenvalue weighted by Gasteiger charge is 2.12. The summed E-state index contributed by atoms with van der Waals surface area (Å²) in [6.07, 6.45) is -2.48. The van der Waals surface area contributed by atoms with Crippen LogP contribution in [0.25, 0.3) is 10.1 Å². The van der Waals surface area contributed by atoms with Gasteiger partial charge in [-0.3, -0.25) is 0 Å². The van der Waals surface area contributed by atoms with E-state index in [-0.39, 0.29) is 5.56 Å². The van der Waals surface area contributed by atoms with Crippen LogP contribution in [0.5, 0.6) is 0 Å². The van der Waals surface area contributed by atoms with E-state index < -0.39 is 6.43 Å². The lowest BCUT2D eigenvalue weighted by Gasteiger charge is -1.98. The van der Waals surface area contributed by atoms with Crippen molar-refractivity contribution in [1.82, 2.24) is 0 Å². The molecule has 0 saturated carbocycles. The van der Waals surface area contributed by atoms with Crippen molar-refractivity contribution in [3.05, 3.63) is 33.1 Å². The van der Waals surface area contributed by atoms with Crippen LogP contribution >= 0.6 is 34.5 Å². The summed E-state index contributed by atoms with van der Waals surface area (Å²) in [4.78, 5) is 0. The van der Waals surface area contributed by atoms with Crippen molar-refractivity contribution in [2.75, 3.05) is 0 Å². The van der Waals surface area contributed by atoms with E-state index in [0.29, 0.717) is 14.7 Å². The number of fused-ring (bicyclic) bond motifs is 1. The molecule has 1 heterocycles. The minimum atomic E-state index is -2.48. The van der Waals surface area contributed by atoms with Gasteiger partial charge < -0.3 is 0 Å². The fraction of sp³-hybridized carbons (Fsp3) is 0.111. The zero-order chi connectivity index (χ0) is 10.3. The molecule has 0 atom stereocenters. The molecule has 0 aliphatic carbocycles. The van der Waals surface area contributed by atoms with Gasteiger partial charge in [0.2, 0.25) is 0 Å². The third-order valence-electron chi connectivity index (χ3n) is 1.86. The number of rotatable bonds is 1. The van der Waals surface area contributed by atoms with E-state index in [9.17, 15) is 8.78 Å². The van der Waals surface area contributed by atoms with Gasteiger partial charge in [-0.15, -0.1) is 11.3 Å². The van der Waals surface area contributed by atoms with Gasteiger partial charge in [-0.2, -0.15) is 0 Å². The maximum Gasteiger partial charge on any atom is 0.263 e. The Balaban J connectivity index is 2.69. The summed E-state index contributed by atoms with van der Waals surface area (Å²) in [5.74, 6) is 0. The molecule has 0 radical (unpaired) electrons. The molecular formula is C9H4Cl2F2S. The Morgan fingerprint density at radius 3 is 2.57 bits per heavy atom. The lowest BCUT2D eigenvalue weighted by molar-refractivity contribution is 0.151. The molecule has 0 aliphatic heterocycles. The van der Waals surface area contributed by atoms with E-state index in [0.717, 1.165) is 4.70 Å². The van der Waals surface area contributed by atoms with Crippen molar-refractivity contribution in [3.63, 3.8) is 0 Å². The summed E-state index contributed by atoms with van der Waals surface area (Å²) in [6, 6.07) is 4.38. The number of hydrogen-bond donors (Lipinski definition) is 0. The molecule has 2 rings (SSSR count). The quantitative estimate of drug-likeness (QED) is 0.659. The second-order valence-electron chi connectivity index (χ2n) is 2.75. The summed E-state index contributed by atoms with van der Waals surface area (Å²) >= 11 is 12.9. The van der Waals surface area contributed by atoms with Crippen LogP contribution in [0.3, 0.4) is 0 Å². The minimum absolute atomic E-state index is 0.0335. The van der Waals surface area contributed by atoms with Crippen LogP contribution in [0, 0.1) is 0 Å². The molecule has 74 valence electrons. The topological polar surface area (TPSA) is 0 Å². The molecule has 0 N–H and O–H groups in total. The lowest BCUT2D eigenvalue weighted by Crippen LogP contribution is -1.81. The second kappa shape index (κ2) is 3.65. The number of thiophene rings is 1. The smallest absolute Gasteiger partial charge is 0.205 e. The molecule has 0 spiro atoms. The van der Waals surface area contributed by atoms with Crippen molar-refractivity contribution in [2.24, 2.45) is 0 Å². The van der Waals surface area contributed by atoms with Gasteiger partial charge in [0.25, 0.3) is 6.43 Å². The van der Waals surface area contributed by atoms with Gasteiger partial charge in [-0.25, -0.2) is 8.78 Å². The Kier molecular flexibility index (Phi) is 2.64. The molecule has 14 heavy (non-hydrogen) atoms. The molecular weight excluding hydrogens is 249 g/mol. The fourth-order valence-corrected chi connectivity index (χ4v) is 2.67. The summed E-state index contributed by atoms with van der Waals surface area (Å²) in [6.45, 7) is 0. The number of alkyl halides is 2. The average Bonchev–Trinajstić information content (AvgIpc) is 2.43. The normalized spacial score (nSPS) is 11.5. The first kappa shape index (κ1) is 10.1. The fourth-order valence-electron chi connectivity index (χ4n) is 1.19. The first-order valence-corrected chi connectivity index (χ1v) is 5.32. The maximum absolute atomic E-state index is 12.4. The summed E-state index contributed by atoms with van der Waals surface area (Å²) in [5, 5.41) is 0.952. The van der Waals surface area contributed by atoms with Crippen LogP contribution in [-0.4, -0.2) is 0 Å². The maximum atomic E-state index is 12.4. The second-order valence-corrected chi connectivity index (χ2v) is 4.78. The highest BCUT2D eigenvalue weighted by atomic mass is 35.5. The molecule has 0 aliphatic rings. The molecule has 2 aromatic rings. The Labute approximate surface area is 93.1 Å². The number of hydrogen-bond acceptors (Lipinski definition) is 1. The predicted octanol–water partition coefficient (Wildman–Crippen LogP) is 5.15. The van der Waals surface area contributed by atoms with Crippen LogP contribution in [0.1, 0.15) is 12.0 Å². The highest BCUT2D eigenvalue weighted by Crippen LogP contribution is 2.40. The molecule has 0 saturated heterocycles. The monoisotopic (exact) mass is 252 g/mol. The molecule has 0 fully saturated rings. The third kappa shape index (κ3) is 1.60. The van der Waals surface area contributed by atoms with Gasteiger partial charge in [0.1, 0.15) is 4.34 Å². The summed E-state index contributed by atoms with van der Waals surface area (Å²) in [7, 11) is 0. The summed E-state index contributed by atoms with van der Waals surface area (Å²) < 4.78 is 26.0. The van der Waals surface area contributed by atoms with Gasteiger partial charge in [0.15, 0.2) is 0 Å². The van der Waals surface area contributed by atoms with E-state index in [1.165, 1.54) is 23.5 Å². The van der Waals surface area contributed by atoms with Gasteiger partial charge >= 0.3 is 0 Å². The van der Waals surface area contributed by atoms with Crippen LogP contribution in [0.15, 0.2) is 18.2 Å². The Morgan fingerprint density at radius 1 is 1.21 bits per heavy atom. The molecule has 0 amide bonds. The van der Waals surface area contributed by atoms with Gasteiger partial charge in [0, 0.05) is 15.6 Å². The molecule has 0 bridgehead atoms. The zero-order valence-electron chi connectivity index (χ0n) is 6.73. The van der Waals surface area contributed by atoms with Crippen LogP contribution < -0.4 is 0 Å². The van der Waals surface area contributed by atoms with E-state index in [1.807, 2.05) is 0 Å². The van der Waals surface area contributed by atoms with Crippen LogP contribution in [0.2, 0.25) is 9.36 Å². The van der Waals surface area contributed by atoms with Gasteiger partial charge in [-0.1, -0.05) is 29.3 Å². The van der Waals surface area contributed by atoms with E-state index >= 15 is 0 Å². The Bertz CT molecular complexity index is 479. The molecule has 0 unspecified atom stereocenters. The van der Waals surface area contributed by atoms with Gasteiger partial charge in [0.05, 0.1) is 5.02 Å². The predicted molar refractivity (Wildman–Crippen MR) is 56.8 cm³/mol. The van der Waals surface area contributed by atoms with E-state index in [1.54, 1.807) is 6.07 Å². The van der Waals surface area contributed by atoms with Crippen molar-refractivity contribution >= 4 is 44.6 Å². The van der Waals surface area contributed by atoms with Crippen molar-refractivity contribution in [1.29, 1.82) is 0 Å². The first-order valence-electron chi connectivity index (χ1n) is 3.75. The average molecular weight is 253 g/mol. The Hall–Kier alpha value is -0.380. The largest absolute Gasteiger partial charge is 0.263 e. The van der Waals surface area contributed by atoms with E-state index in [2.05, 4.69) is 0 Å². The number of benzene rings is 1. The first-order chi connectivity index (χ1) is 6.59. The van der Waals surface area contributed by atoms with Crippen LogP contribution in [0.4, 0.5) is 8.78 Å². The zero-order valence-corrected chi connectivity index (χ0v) is 9.06. The SMILES string of the molecule is FC(F)c1ccc2sc(Cl)c(Cl)c2c1. The van der Waals surface area contributed by atoms with Crippen molar-refractivity contribution < 1.29 is 8.78 Å². The summed E-state index contributed by atoms with van der Waals surface area (Å²) in [5.41, 5.74) is -0.0335. The Morgan fingerprint density at radius 2 is 1.93 bits per heavy atom. The van der Waals surface area contributed by atoms with Crippen molar-refractivity contribution in [3.8, 4) is 0 Å². The molecule has 5 heteroatoms. The molecule has 1 aromatic carbocycles. The van der Waals surface area contributed by atoms with Crippen LogP contribution in [-0.2, 0) is 0 Å².